The third-order valence-corrected chi connectivity index (χ3v) is 8.15. The highest BCUT2D eigenvalue weighted by Crippen LogP contribution is 2.28. The van der Waals surface area contributed by atoms with E-state index in [1.54, 1.807) is 0 Å². The van der Waals surface area contributed by atoms with Gasteiger partial charge in [0.15, 0.2) is 0 Å². The fraction of sp³-hybridized carbons (Fsp3) is 0.667. The van der Waals surface area contributed by atoms with Crippen LogP contribution in [0.25, 0.3) is 11.1 Å². The zero-order valence-corrected chi connectivity index (χ0v) is 25.0. The molecule has 4 N–H and O–H groups in total. The normalized spacial score (nSPS) is 11.3. The van der Waals surface area contributed by atoms with Crippen molar-refractivity contribution in [3.05, 3.63) is 48.0 Å². The third-order valence-electron chi connectivity index (χ3n) is 8.15. The Morgan fingerprint density at radius 3 is 1.21 bits per heavy atom. The van der Waals surface area contributed by atoms with Crippen LogP contribution in [0, 0.1) is 0 Å². The molecule has 0 unspecified atom stereocenters. The summed E-state index contributed by atoms with van der Waals surface area (Å²) in [4.78, 5) is 0. The van der Waals surface area contributed by atoms with E-state index < -0.39 is 0 Å². The summed E-state index contributed by atoms with van der Waals surface area (Å²) in [5, 5.41) is 0. The average Bonchev–Trinajstić information content (AvgIpc) is 2.92. The lowest BCUT2D eigenvalue weighted by molar-refractivity contribution is 0.519. The van der Waals surface area contributed by atoms with Crippen LogP contribution >= 0.6 is 0 Å². The molecule has 2 heteroatoms. The van der Waals surface area contributed by atoms with E-state index in [1.807, 2.05) is 18.2 Å². The number of anilines is 2. The van der Waals surface area contributed by atoms with E-state index in [0.29, 0.717) is 0 Å². The van der Waals surface area contributed by atoms with Crippen LogP contribution in [0.2, 0.25) is 0 Å². The van der Waals surface area contributed by atoms with Gasteiger partial charge in [-0.2, -0.15) is 0 Å². The van der Waals surface area contributed by atoms with Crippen LogP contribution in [0.5, 0.6) is 0 Å². The van der Waals surface area contributed by atoms with Crippen LogP contribution in [-0.2, 0) is 6.42 Å². The number of nitrogens with two attached hydrogens (primary N) is 2. The summed E-state index contributed by atoms with van der Waals surface area (Å²) in [5.41, 5.74) is 17.5. The third kappa shape index (κ3) is 15.5. The molecule has 2 nitrogen and oxygen atoms in total. The van der Waals surface area contributed by atoms with E-state index in [0.717, 1.165) is 17.8 Å². The fourth-order valence-corrected chi connectivity index (χ4v) is 5.69. The molecule has 0 atom stereocenters. The first-order valence-corrected chi connectivity index (χ1v) is 16.4. The lowest BCUT2D eigenvalue weighted by Crippen LogP contribution is -1.95. The van der Waals surface area contributed by atoms with Gasteiger partial charge in [0.2, 0.25) is 0 Å². The monoisotopic (exact) mass is 520 g/mol. The van der Waals surface area contributed by atoms with Crippen LogP contribution < -0.4 is 11.5 Å². The topological polar surface area (TPSA) is 52.0 Å². The Kier molecular flexibility index (Phi) is 18.6. The number of hydrogen-bond acceptors (Lipinski definition) is 2. The molecule has 0 saturated heterocycles. The molecule has 2 aromatic carbocycles. The molecular formula is C36H60N2. The fourth-order valence-electron chi connectivity index (χ4n) is 5.69. The second-order valence-electron chi connectivity index (χ2n) is 11.7. The summed E-state index contributed by atoms with van der Waals surface area (Å²) in [6.07, 6.45) is 32.5. The Morgan fingerprint density at radius 2 is 0.789 bits per heavy atom. The second-order valence-corrected chi connectivity index (χ2v) is 11.7. The van der Waals surface area contributed by atoms with Gasteiger partial charge in [0, 0.05) is 11.4 Å². The Bertz CT molecular complexity index is 811. The van der Waals surface area contributed by atoms with Crippen LogP contribution in [-0.4, -0.2) is 0 Å². The molecule has 0 heterocycles. The molecule has 38 heavy (non-hydrogen) atoms. The van der Waals surface area contributed by atoms with E-state index in [2.05, 4.69) is 31.2 Å². The molecule has 0 radical (unpaired) electrons. The molecule has 0 aromatic heterocycles. The van der Waals surface area contributed by atoms with Crippen LogP contribution in [0.1, 0.15) is 154 Å². The molecule has 2 aromatic rings. The first-order valence-electron chi connectivity index (χ1n) is 16.4. The molecule has 0 spiro atoms. The number of hydrogen-bond donors (Lipinski definition) is 2. The maximum atomic E-state index is 6.09. The molecule has 0 aliphatic heterocycles. The molecule has 0 aliphatic rings. The first kappa shape index (κ1) is 32.3. The zero-order chi connectivity index (χ0) is 27.1. The largest absolute Gasteiger partial charge is 0.399 e. The lowest BCUT2D eigenvalue weighted by Gasteiger charge is -2.11. The summed E-state index contributed by atoms with van der Waals surface area (Å²) < 4.78 is 0. The highest BCUT2D eigenvalue weighted by molar-refractivity contribution is 5.71. The van der Waals surface area contributed by atoms with Gasteiger partial charge in [-0.1, -0.05) is 160 Å². The van der Waals surface area contributed by atoms with Crippen molar-refractivity contribution < 1.29 is 0 Å². The highest BCUT2D eigenvalue weighted by atomic mass is 14.5. The Labute approximate surface area is 236 Å². The van der Waals surface area contributed by atoms with Gasteiger partial charge in [0.25, 0.3) is 0 Å². The summed E-state index contributed by atoms with van der Waals surface area (Å²) in [7, 11) is 0. The SMILES string of the molecule is CCCCCCCCCCCCCCCCCCCCCCCCc1cc(N)ccc1-c1ccc(N)cc1. The van der Waals surface area contributed by atoms with Gasteiger partial charge in [0.1, 0.15) is 0 Å². The Morgan fingerprint density at radius 1 is 0.421 bits per heavy atom. The van der Waals surface area contributed by atoms with Gasteiger partial charge in [-0.25, -0.2) is 0 Å². The molecular weight excluding hydrogens is 460 g/mol. The van der Waals surface area contributed by atoms with Crippen LogP contribution in [0.3, 0.4) is 0 Å². The predicted molar refractivity (Wildman–Crippen MR) is 172 cm³/mol. The molecule has 0 saturated carbocycles. The minimum atomic E-state index is 0.810. The predicted octanol–water partition coefficient (Wildman–Crippen LogP) is 11.7. The number of unbranched alkanes of at least 4 members (excludes halogenated alkanes) is 21. The lowest BCUT2D eigenvalue weighted by atomic mass is 9.95. The maximum absolute atomic E-state index is 6.09. The van der Waals surface area contributed by atoms with Crippen molar-refractivity contribution in [2.45, 2.75) is 155 Å². The van der Waals surface area contributed by atoms with Crippen molar-refractivity contribution in [3.63, 3.8) is 0 Å². The van der Waals surface area contributed by atoms with Crippen LogP contribution in [0.4, 0.5) is 11.4 Å². The van der Waals surface area contributed by atoms with E-state index in [1.165, 1.54) is 158 Å². The zero-order valence-electron chi connectivity index (χ0n) is 25.0. The van der Waals surface area contributed by atoms with Crippen molar-refractivity contribution >= 4 is 11.4 Å². The van der Waals surface area contributed by atoms with E-state index in [-0.39, 0.29) is 0 Å². The summed E-state index contributed by atoms with van der Waals surface area (Å²) in [6, 6.07) is 14.5. The summed E-state index contributed by atoms with van der Waals surface area (Å²) in [6.45, 7) is 2.30. The standard InChI is InChI=1S/C36H60N2/c1-2-3-4-5-6-7-8-9-10-11-12-13-14-15-16-17-18-19-20-21-22-23-24-33-31-35(38)29-30-36(33)32-25-27-34(37)28-26-32/h25-31H,2-24,37-38H2,1H3. The second kappa shape index (κ2) is 21.9. The summed E-state index contributed by atoms with van der Waals surface area (Å²) >= 11 is 0. The molecule has 0 fully saturated rings. The smallest absolute Gasteiger partial charge is 0.0317 e. The quantitative estimate of drug-likeness (QED) is 0.107. The first-order chi connectivity index (χ1) is 18.7. The molecule has 0 bridgehead atoms. The number of aryl methyl sites for hydroxylation is 1. The number of rotatable bonds is 24. The van der Waals surface area contributed by atoms with Gasteiger partial charge >= 0.3 is 0 Å². The number of nitrogen functional groups attached to an aromatic ring is 2. The Balaban J connectivity index is 1.37. The van der Waals surface area contributed by atoms with Gasteiger partial charge in [-0.3, -0.25) is 0 Å². The minimum Gasteiger partial charge on any atom is -0.399 e. The van der Waals surface area contributed by atoms with Crippen molar-refractivity contribution in [2.75, 3.05) is 11.5 Å². The van der Waals surface area contributed by atoms with Crippen molar-refractivity contribution in [2.24, 2.45) is 0 Å². The van der Waals surface area contributed by atoms with E-state index in [9.17, 15) is 0 Å². The maximum Gasteiger partial charge on any atom is 0.0317 e. The van der Waals surface area contributed by atoms with Gasteiger partial charge in [-0.15, -0.1) is 0 Å². The van der Waals surface area contributed by atoms with Crippen molar-refractivity contribution in [1.82, 2.24) is 0 Å². The van der Waals surface area contributed by atoms with E-state index in [4.69, 9.17) is 11.5 Å². The van der Waals surface area contributed by atoms with Crippen LogP contribution in [0.15, 0.2) is 42.5 Å². The Hall–Kier alpha value is -1.96. The van der Waals surface area contributed by atoms with Gasteiger partial charge < -0.3 is 11.5 Å². The highest BCUT2D eigenvalue weighted by Gasteiger charge is 2.06. The van der Waals surface area contributed by atoms with Crippen molar-refractivity contribution in [3.8, 4) is 11.1 Å². The van der Waals surface area contributed by atoms with Crippen molar-refractivity contribution in [1.29, 1.82) is 0 Å². The molecule has 0 amide bonds. The van der Waals surface area contributed by atoms with E-state index >= 15 is 0 Å². The molecule has 0 aliphatic carbocycles. The minimum absolute atomic E-state index is 0.810. The van der Waals surface area contributed by atoms with Gasteiger partial charge in [0.05, 0.1) is 0 Å². The average molecular weight is 521 g/mol. The number of benzene rings is 2. The molecule has 2 rings (SSSR count). The van der Waals surface area contributed by atoms with Gasteiger partial charge in [-0.05, 0) is 53.8 Å². The molecule has 214 valence electrons. The summed E-state index contributed by atoms with van der Waals surface area (Å²) in [5.74, 6) is 0.